The second-order valence-electron chi connectivity index (χ2n) is 5.11. The van der Waals surface area contributed by atoms with Crippen LogP contribution in [0, 0.1) is 11.8 Å². The summed E-state index contributed by atoms with van der Waals surface area (Å²) in [5.41, 5.74) is 0.485. The molecule has 1 aliphatic rings. The van der Waals surface area contributed by atoms with E-state index in [9.17, 15) is 14.7 Å². The highest BCUT2D eigenvalue weighted by molar-refractivity contribution is 5.96. The molecule has 1 aromatic heterocycles. The predicted molar refractivity (Wildman–Crippen MR) is 77.1 cm³/mol. The molecule has 2 rings (SSSR count). The molecular weight excluding hydrogens is 272 g/mol. The van der Waals surface area contributed by atoms with E-state index in [0.29, 0.717) is 31.0 Å². The van der Waals surface area contributed by atoms with Crippen LogP contribution in [0.25, 0.3) is 0 Å². The summed E-state index contributed by atoms with van der Waals surface area (Å²) in [5, 5.41) is 12.0. The van der Waals surface area contributed by atoms with Gasteiger partial charge in [-0.25, -0.2) is 4.98 Å². The van der Waals surface area contributed by atoms with Gasteiger partial charge in [-0.2, -0.15) is 0 Å². The van der Waals surface area contributed by atoms with Crippen molar-refractivity contribution in [1.29, 1.82) is 0 Å². The monoisotopic (exact) mass is 292 g/mol. The molecular formula is C15H20N2O4. The van der Waals surface area contributed by atoms with E-state index in [2.05, 4.69) is 10.3 Å². The second kappa shape index (κ2) is 7.06. The number of nitrogens with zero attached hydrogens (tertiary/aromatic N) is 1. The molecule has 0 aromatic carbocycles. The van der Waals surface area contributed by atoms with Crippen molar-refractivity contribution in [3.8, 4) is 5.88 Å². The lowest BCUT2D eigenvalue weighted by Gasteiger charge is -2.27. The molecule has 1 fully saturated rings. The third-order valence-electron chi connectivity index (χ3n) is 3.73. The standard InChI is InChI=1S/C15H20N2O4/c1-2-21-14-12(8-5-9-16-14)17-13(18)10-6-3-4-7-11(10)15(19)20/h5,8-11H,2-4,6-7H2,1H3,(H,17,18)(H,19,20)/t10-,11+/m1/s1. The molecule has 0 unspecified atom stereocenters. The predicted octanol–water partition coefficient (Wildman–Crippen LogP) is 2.31. The molecule has 6 nitrogen and oxygen atoms in total. The topological polar surface area (TPSA) is 88.5 Å². The van der Waals surface area contributed by atoms with Crippen molar-refractivity contribution < 1.29 is 19.4 Å². The summed E-state index contributed by atoms with van der Waals surface area (Å²) in [4.78, 5) is 27.7. The number of amides is 1. The molecule has 2 N–H and O–H groups in total. The molecule has 1 heterocycles. The second-order valence-corrected chi connectivity index (χ2v) is 5.11. The van der Waals surface area contributed by atoms with Gasteiger partial charge in [0.2, 0.25) is 11.8 Å². The first-order valence-corrected chi connectivity index (χ1v) is 7.25. The Morgan fingerprint density at radius 1 is 1.38 bits per heavy atom. The van der Waals surface area contributed by atoms with E-state index >= 15 is 0 Å². The normalized spacial score (nSPS) is 21.6. The number of carboxylic acids is 1. The SMILES string of the molecule is CCOc1ncccc1NC(=O)[C@@H]1CCCC[C@@H]1C(=O)O. The van der Waals surface area contributed by atoms with E-state index < -0.39 is 17.8 Å². The number of carbonyl (C=O) groups is 2. The minimum absolute atomic E-state index is 0.268. The number of aromatic nitrogens is 1. The fourth-order valence-electron chi connectivity index (χ4n) is 2.70. The van der Waals surface area contributed by atoms with Crippen LogP contribution in [-0.2, 0) is 9.59 Å². The zero-order valence-corrected chi connectivity index (χ0v) is 12.0. The summed E-state index contributed by atoms with van der Waals surface area (Å²) in [6.07, 6.45) is 4.48. The van der Waals surface area contributed by atoms with Crippen molar-refractivity contribution in [1.82, 2.24) is 4.98 Å². The van der Waals surface area contributed by atoms with Gasteiger partial charge in [0.25, 0.3) is 0 Å². The summed E-state index contributed by atoms with van der Waals surface area (Å²) >= 11 is 0. The lowest BCUT2D eigenvalue weighted by molar-refractivity contribution is -0.147. The summed E-state index contributed by atoms with van der Waals surface area (Å²) in [7, 11) is 0. The fourth-order valence-corrected chi connectivity index (χ4v) is 2.70. The van der Waals surface area contributed by atoms with Gasteiger partial charge in [-0.15, -0.1) is 0 Å². The van der Waals surface area contributed by atoms with Gasteiger partial charge in [0.1, 0.15) is 5.69 Å². The Kier molecular flexibility index (Phi) is 5.14. The lowest BCUT2D eigenvalue weighted by Crippen LogP contribution is -2.36. The minimum Gasteiger partial charge on any atom is -0.481 e. The molecule has 0 spiro atoms. The highest BCUT2D eigenvalue weighted by atomic mass is 16.5. The molecule has 0 radical (unpaired) electrons. The molecule has 1 aromatic rings. The lowest BCUT2D eigenvalue weighted by atomic mass is 9.78. The van der Waals surface area contributed by atoms with Gasteiger partial charge >= 0.3 is 5.97 Å². The molecule has 21 heavy (non-hydrogen) atoms. The molecule has 0 bridgehead atoms. The van der Waals surface area contributed by atoms with E-state index in [1.807, 2.05) is 6.92 Å². The molecule has 1 amide bonds. The highest BCUT2D eigenvalue weighted by Gasteiger charge is 2.35. The third kappa shape index (κ3) is 3.71. The van der Waals surface area contributed by atoms with Crippen LogP contribution in [0.15, 0.2) is 18.3 Å². The number of carboxylic acid groups (broad SMARTS) is 1. The maximum absolute atomic E-state index is 12.4. The molecule has 1 saturated carbocycles. The zero-order chi connectivity index (χ0) is 15.2. The van der Waals surface area contributed by atoms with Crippen LogP contribution in [0.5, 0.6) is 5.88 Å². The van der Waals surface area contributed by atoms with E-state index in [0.717, 1.165) is 12.8 Å². The highest BCUT2D eigenvalue weighted by Crippen LogP contribution is 2.32. The van der Waals surface area contributed by atoms with Gasteiger partial charge in [0.05, 0.1) is 18.4 Å². The van der Waals surface area contributed by atoms with Crippen LogP contribution in [0.4, 0.5) is 5.69 Å². The van der Waals surface area contributed by atoms with Crippen molar-refractivity contribution in [2.45, 2.75) is 32.6 Å². The molecule has 114 valence electrons. The number of hydrogen-bond donors (Lipinski definition) is 2. The van der Waals surface area contributed by atoms with Gasteiger partial charge in [-0.3, -0.25) is 9.59 Å². The quantitative estimate of drug-likeness (QED) is 0.869. The van der Waals surface area contributed by atoms with Crippen molar-refractivity contribution in [2.24, 2.45) is 11.8 Å². The van der Waals surface area contributed by atoms with Gasteiger partial charge < -0.3 is 15.2 Å². The Morgan fingerprint density at radius 3 is 2.76 bits per heavy atom. The van der Waals surface area contributed by atoms with Crippen LogP contribution >= 0.6 is 0 Å². The van der Waals surface area contributed by atoms with Gasteiger partial charge in [0, 0.05) is 6.20 Å². The van der Waals surface area contributed by atoms with Gasteiger partial charge in [-0.05, 0) is 31.9 Å². The Labute approximate surface area is 123 Å². The maximum Gasteiger partial charge on any atom is 0.307 e. The fraction of sp³-hybridized carbons (Fsp3) is 0.533. The number of nitrogens with one attached hydrogen (secondary N) is 1. The molecule has 0 saturated heterocycles. The Morgan fingerprint density at radius 2 is 2.10 bits per heavy atom. The van der Waals surface area contributed by atoms with Crippen molar-refractivity contribution in [2.75, 3.05) is 11.9 Å². The number of ether oxygens (including phenoxy) is 1. The van der Waals surface area contributed by atoms with Crippen molar-refractivity contribution >= 4 is 17.6 Å². The first-order chi connectivity index (χ1) is 10.1. The largest absolute Gasteiger partial charge is 0.481 e. The smallest absolute Gasteiger partial charge is 0.307 e. The molecule has 2 atom stereocenters. The van der Waals surface area contributed by atoms with Crippen LogP contribution in [0.2, 0.25) is 0 Å². The number of carbonyl (C=O) groups excluding carboxylic acids is 1. The zero-order valence-electron chi connectivity index (χ0n) is 12.0. The summed E-state index contributed by atoms with van der Waals surface area (Å²) in [6, 6.07) is 3.40. The van der Waals surface area contributed by atoms with Crippen LogP contribution in [-0.4, -0.2) is 28.6 Å². The van der Waals surface area contributed by atoms with E-state index in [4.69, 9.17) is 4.74 Å². The average molecular weight is 292 g/mol. The van der Waals surface area contributed by atoms with E-state index in [1.54, 1.807) is 18.3 Å². The first kappa shape index (κ1) is 15.3. The van der Waals surface area contributed by atoms with Crippen LogP contribution in [0.1, 0.15) is 32.6 Å². The minimum atomic E-state index is -0.897. The van der Waals surface area contributed by atoms with Crippen molar-refractivity contribution in [3.63, 3.8) is 0 Å². The van der Waals surface area contributed by atoms with E-state index in [1.165, 1.54) is 0 Å². The Bertz CT molecular complexity index is 518. The first-order valence-electron chi connectivity index (χ1n) is 7.25. The van der Waals surface area contributed by atoms with Crippen molar-refractivity contribution in [3.05, 3.63) is 18.3 Å². The summed E-state index contributed by atoms with van der Waals surface area (Å²) < 4.78 is 5.36. The number of pyridine rings is 1. The van der Waals surface area contributed by atoms with Crippen LogP contribution in [0.3, 0.4) is 0 Å². The van der Waals surface area contributed by atoms with Gasteiger partial charge in [-0.1, -0.05) is 12.8 Å². The summed E-state index contributed by atoms with van der Waals surface area (Å²) in [5.74, 6) is -1.91. The number of aliphatic carboxylic acids is 1. The third-order valence-corrected chi connectivity index (χ3v) is 3.73. The molecule has 1 aliphatic carbocycles. The Hall–Kier alpha value is -2.11. The van der Waals surface area contributed by atoms with E-state index in [-0.39, 0.29) is 5.91 Å². The average Bonchev–Trinajstić information content (AvgIpc) is 2.49. The number of hydrogen-bond acceptors (Lipinski definition) is 4. The number of rotatable bonds is 5. The molecule has 0 aliphatic heterocycles. The maximum atomic E-state index is 12.4. The number of anilines is 1. The van der Waals surface area contributed by atoms with Crippen LogP contribution < -0.4 is 10.1 Å². The summed E-state index contributed by atoms with van der Waals surface area (Å²) in [6.45, 7) is 2.28. The molecule has 6 heteroatoms. The Balaban J connectivity index is 2.11. The van der Waals surface area contributed by atoms with Gasteiger partial charge in [0.15, 0.2) is 0 Å².